The van der Waals surface area contributed by atoms with Crippen LogP contribution in [0.15, 0.2) is 16.8 Å². The summed E-state index contributed by atoms with van der Waals surface area (Å²) in [5.41, 5.74) is 1.18. The Morgan fingerprint density at radius 1 is 1.35 bits per heavy atom. The minimum atomic E-state index is -4.32. The number of piperazine rings is 1. The standard InChI is InChI=1S/C15H22F3N3OS/c1-10-3-11(5-19-14(10)22-9-15(16,17)18)6-21-12-4-13(21)8-20(7-12)23-2/h5,10,12-13H,3-4,6-9H2,1-2H3. The van der Waals surface area contributed by atoms with Gasteiger partial charge in [0.15, 0.2) is 12.5 Å². The van der Waals surface area contributed by atoms with Gasteiger partial charge >= 0.3 is 6.18 Å². The summed E-state index contributed by atoms with van der Waals surface area (Å²) in [5, 5.41) is 0. The van der Waals surface area contributed by atoms with Crippen LogP contribution in [0.5, 0.6) is 0 Å². The number of fused-ring (bicyclic) bond motifs is 2. The monoisotopic (exact) mass is 349 g/mol. The van der Waals surface area contributed by atoms with E-state index in [-0.39, 0.29) is 11.8 Å². The number of halogens is 3. The quantitative estimate of drug-likeness (QED) is 0.730. The molecule has 3 atom stereocenters. The fourth-order valence-corrected chi connectivity index (χ4v) is 4.19. The van der Waals surface area contributed by atoms with Crippen molar-refractivity contribution >= 4 is 17.8 Å². The molecule has 130 valence electrons. The summed E-state index contributed by atoms with van der Waals surface area (Å²) in [6.45, 7) is 3.65. The van der Waals surface area contributed by atoms with Gasteiger partial charge in [-0.05, 0) is 24.7 Å². The van der Waals surface area contributed by atoms with Crippen LogP contribution in [0.2, 0.25) is 0 Å². The maximum Gasteiger partial charge on any atom is 0.422 e. The van der Waals surface area contributed by atoms with Crippen molar-refractivity contribution in [3.8, 4) is 0 Å². The number of aliphatic imine (C=N–C) groups is 1. The highest BCUT2D eigenvalue weighted by Gasteiger charge is 2.44. The minimum absolute atomic E-state index is 0.0961. The molecule has 4 nitrogen and oxygen atoms in total. The second-order valence-corrected chi connectivity index (χ2v) is 7.39. The molecule has 8 heteroatoms. The van der Waals surface area contributed by atoms with E-state index in [0.717, 1.165) is 26.1 Å². The highest BCUT2D eigenvalue weighted by Crippen LogP contribution is 2.36. The van der Waals surface area contributed by atoms with Crippen LogP contribution in [0.4, 0.5) is 13.2 Å². The second-order valence-electron chi connectivity index (χ2n) is 6.51. The Labute approximate surface area is 138 Å². The summed E-state index contributed by atoms with van der Waals surface area (Å²) in [5.74, 6) is 0.101. The van der Waals surface area contributed by atoms with Gasteiger partial charge in [-0.2, -0.15) is 13.2 Å². The van der Waals surface area contributed by atoms with Crippen molar-refractivity contribution in [2.75, 3.05) is 32.5 Å². The number of hydrogen-bond acceptors (Lipinski definition) is 5. The minimum Gasteiger partial charge on any atom is -0.471 e. The Balaban J connectivity index is 1.54. The molecule has 23 heavy (non-hydrogen) atoms. The van der Waals surface area contributed by atoms with Crippen LogP contribution in [0.25, 0.3) is 0 Å². The van der Waals surface area contributed by atoms with Gasteiger partial charge in [0.05, 0.1) is 0 Å². The lowest BCUT2D eigenvalue weighted by molar-refractivity contribution is -0.157. The molecule has 0 radical (unpaired) electrons. The Kier molecular flexibility index (Phi) is 4.94. The van der Waals surface area contributed by atoms with Gasteiger partial charge in [-0.3, -0.25) is 4.90 Å². The Morgan fingerprint density at radius 2 is 2.04 bits per heavy atom. The number of hydrogen-bond donors (Lipinski definition) is 0. The van der Waals surface area contributed by atoms with Gasteiger partial charge in [-0.1, -0.05) is 18.9 Å². The van der Waals surface area contributed by atoms with E-state index >= 15 is 0 Å². The molecule has 0 aromatic carbocycles. The van der Waals surface area contributed by atoms with E-state index < -0.39 is 12.8 Å². The fourth-order valence-electron chi connectivity index (χ4n) is 3.55. The molecule has 2 bridgehead atoms. The van der Waals surface area contributed by atoms with Crippen LogP contribution in [0.1, 0.15) is 19.8 Å². The fraction of sp³-hybridized carbons (Fsp3) is 0.800. The molecule has 4 heterocycles. The molecule has 0 aromatic heterocycles. The molecule has 3 saturated heterocycles. The maximum atomic E-state index is 12.2. The van der Waals surface area contributed by atoms with Crippen molar-refractivity contribution < 1.29 is 17.9 Å². The first kappa shape index (κ1) is 17.1. The van der Waals surface area contributed by atoms with Crippen LogP contribution in [-0.2, 0) is 4.74 Å². The summed E-state index contributed by atoms with van der Waals surface area (Å²) in [4.78, 5) is 6.62. The molecule has 0 amide bonds. The lowest BCUT2D eigenvalue weighted by atomic mass is 9.87. The van der Waals surface area contributed by atoms with Crippen LogP contribution >= 0.6 is 11.9 Å². The van der Waals surface area contributed by atoms with Gasteiger partial charge in [-0.25, -0.2) is 9.30 Å². The average Bonchev–Trinajstić information content (AvgIpc) is 2.50. The van der Waals surface area contributed by atoms with E-state index in [4.69, 9.17) is 4.74 Å². The van der Waals surface area contributed by atoms with Crippen molar-refractivity contribution in [2.45, 2.75) is 38.0 Å². The Bertz CT molecular complexity index is 497. The van der Waals surface area contributed by atoms with Gasteiger partial charge in [0.1, 0.15) is 0 Å². The molecule has 4 aliphatic rings. The summed E-state index contributed by atoms with van der Waals surface area (Å²) in [6, 6.07) is 1.20. The first-order valence-corrected chi connectivity index (χ1v) is 9.04. The summed E-state index contributed by atoms with van der Waals surface area (Å²) >= 11 is 1.80. The van der Waals surface area contributed by atoms with Crippen molar-refractivity contribution in [1.82, 2.24) is 9.21 Å². The number of nitrogens with zero attached hydrogens (tertiary/aromatic N) is 3. The van der Waals surface area contributed by atoms with Gasteiger partial charge in [0.2, 0.25) is 0 Å². The molecular weight excluding hydrogens is 327 g/mol. The smallest absolute Gasteiger partial charge is 0.422 e. The molecular formula is C15H22F3N3OS. The molecule has 0 spiro atoms. The number of ether oxygens (including phenoxy) is 1. The third-order valence-corrected chi connectivity index (χ3v) is 5.52. The summed E-state index contributed by atoms with van der Waals surface area (Å²) in [6.07, 6.45) is 1.47. The number of alkyl halides is 3. The van der Waals surface area contributed by atoms with E-state index in [2.05, 4.69) is 20.5 Å². The predicted octanol–water partition coefficient (Wildman–Crippen LogP) is 2.92. The van der Waals surface area contributed by atoms with E-state index in [0.29, 0.717) is 12.1 Å². The van der Waals surface area contributed by atoms with Gasteiger partial charge in [0, 0.05) is 43.8 Å². The van der Waals surface area contributed by atoms with Crippen molar-refractivity contribution in [2.24, 2.45) is 10.9 Å². The normalized spacial score (nSPS) is 32.1. The van der Waals surface area contributed by atoms with Crippen molar-refractivity contribution in [3.63, 3.8) is 0 Å². The van der Waals surface area contributed by atoms with Gasteiger partial charge in [-0.15, -0.1) is 0 Å². The Hall–Kier alpha value is -0.730. The van der Waals surface area contributed by atoms with E-state index in [9.17, 15) is 13.2 Å². The van der Waals surface area contributed by atoms with Gasteiger partial charge < -0.3 is 4.74 Å². The van der Waals surface area contributed by atoms with Crippen molar-refractivity contribution in [3.05, 3.63) is 11.8 Å². The van der Waals surface area contributed by atoms with Crippen LogP contribution in [-0.4, -0.2) is 65.9 Å². The van der Waals surface area contributed by atoms with Crippen LogP contribution in [0.3, 0.4) is 0 Å². The molecule has 0 saturated carbocycles. The highest BCUT2D eigenvalue weighted by molar-refractivity contribution is 7.96. The average molecular weight is 349 g/mol. The molecule has 0 aromatic rings. The van der Waals surface area contributed by atoms with Crippen molar-refractivity contribution in [1.29, 1.82) is 0 Å². The first-order chi connectivity index (χ1) is 10.9. The zero-order valence-corrected chi connectivity index (χ0v) is 14.2. The third kappa shape index (κ3) is 4.03. The lowest BCUT2D eigenvalue weighted by Crippen LogP contribution is -2.67. The predicted molar refractivity (Wildman–Crippen MR) is 85.3 cm³/mol. The third-order valence-electron chi connectivity index (χ3n) is 4.70. The molecule has 3 unspecified atom stereocenters. The molecule has 4 aliphatic heterocycles. The van der Waals surface area contributed by atoms with E-state index in [1.807, 2.05) is 6.92 Å². The number of piperidine rings is 1. The van der Waals surface area contributed by atoms with Crippen LogP contribution in [0, 0.1) is 5.92 Å². The SMILES string of the molecule is CSN1CC2CC(C1)N2CC1=CN=C(OCC(F)(F)F)C(C)C1. The van der Waals surface area contributed by atoms with Gasteiger partial charge in [0.25, 0.3) is 0 Å². The van der Waals surface area contributed by atoms with Crippen LogP contribution < -0.4 is 0 Å². The zero-order chi connectivity index (χ0) is 16.6. The lowest BCUT2D eigenvalue weighted by Gasteiger charge is -2.56. The molecule has 0 aliphatic carbocycles. The molecule has 0 N–H and O–H groups in total. The molecule has 4 rings (SSSR count). The largest absolute Gasteiger partial charge is 0.471 e. The molecule has 3 fully saturated rings. The first-order valence-electron chi connectivity index (χ1n) is 7.85. The number of rotatable bonds is 4. The summed E-state index contributed by atoms with van der Waals surface area (Å²) in [7, 11) is 0. The Morgan fingerprint density at radius 3 is 2.61 bits per heavy atom. The second kappa shape index (κ2) is 6.64. The maximum absolute atomic E-state index is 12.2. The highest BCUT2D eigenvalue weighted by atomic mass is 32.2. The zero-order valence-electron chi connectivity index (χ0n) is 13.3. The van der Waals surface area contributed by atoms with E-state index in [1.165, 1.54) is 12.0 Å². The van der Waals surface area contributed by atoms with E-state index in [1.54, 1.807) is 18.1 Å². The summed E-state index contributed by atoms with van der Waals surface area (Å²) < 4.78 is 43.9. The topological polar surface area (TPSA) is 28.1 Å².